The Hall–Kier alpha value is -1.51. The van der Waals surface area contributed by atoms with Crippen molar-refractivity contribution < 1.29 is 4.79 Å². The third-order valence-corrected chi connectivity index (χ3v) is 2.18. The molecule has 0 aliphatic carbocycles. The van der Waals surface area contributed by atoms with Gasteiger partial charge in [0.2, 0.25) is 5.91 Å². The molecule has 1 aromatic rings. The maximum atomic E-state index is 11.4. The maximum absolute atomic E-state index is 11.4. The van der Waals surface area contributed by atoms with E-state index in [2.05, 4.69) is 24.5 Å². The molecule has 0 radical (unpaired) electrons. The van der Waals surface area contributed by atoms with Crippen LogP contribution < -0.4 is 10.6 Å². The first-order valence-corrected chi connectivity index (χ1v) is 5.65. The van der Waals surface area contributed by atoms with E-state index in [1.807, 2.05) is 31.2 Å². The van der Waals surface area contributed by atoms with Crippen LogP contribution in [-0.4, -0.2) is 19.0 Å². The second-order valence-electron chi connectivity index (χ2n) is 4.42. The molecule has 0 atom stereocenters. The highest BCUT2D eigenvalue weighted by atomic mass is 16.1. The standard InChI is InChI=1S/C13H20N2O/c1-10(2)8-15-13(16)9-14-12-6-4-5-11(3)7-12/h4-7,10,14H,8-9H2,1-3H3,(H,15,16). The number of amides is 1. The molecule has 1 amide bonds. The van der Waals surface area contributed by atoms with Gasteiger partial charge in [-0.05, 0) is 30.5 Å². The zero-order valence-corrected chi connectivity index (χ0v) is 10.2. The van der Waals surface area contributed by atoms with E-state index in [9.17, 15) is 4.79 Å². The molecule has 0 unspecified atom stereocenters. The lowest BCUT2D eigenvalue weighted by Crippen LogP contribution is -2.32. The number of hydrogen-bond donors (Lipinski definition) is 2. The Balaban J connectivity index is 2.31. The van der Waals surface area contributed by atoms with Crippen molar-refractivity contribution in [2.45, 2.75) is 20.8 Å². The van der Waals surface area contributed by atoms with Crippen molar-refractivity contribution in [3.05, 3.63) is 29.8 Å². The largest absolute Gasteiger partial charge is 0.376 e. The SMILES string of the molecule is Cc1cccc(NCC(=O)NCC(C)C)c1. The van der Waals surface area contributed by atoms with E-state index in [0.717, 1.165) is 12.2 Å². The Bertz CT molecular complexity index is 348. The summed E-state index contributed by atoms with van der Waals surface area (Å²) in [5.41, 5.74) is 2.17. The summed E-state index contributed by atoms with van der Waals surface area (Å²) in [6.07, 6.45) is 0. The summed E-state index contributed by atoms with van der Waals surface area (Å²) < 4.78 is 0. The van der Waals surface area contributed by atoms with E-state index in [1.54, 1.807) is 0 Å². The summed E-state index contributed by atoms with van der Waals surface area (Å²) in [4.78, 5) is 11.4. The summed E-state index contributed by atoms with van der Waals surface area (Å²) in [5, 5.41) is 5.96. The molecule has 0 spiro atoms. The summed E-state index contributed by atoms with van der Waals surface area (Å²) >= 11 is 0. The molecule has 2 N–H and O–H groups in total. The molecule has 0 aromatic heterocycles. The van der Waals surface area contributed by atoms with Gasteiger partial charge in [-0.3, -0.25) is 4.79 Å². The second-order valence-corrected chi connectivity index (χ2v) is 4.42. The molecule has 0 fully saturated rings. The number of hydrogen-bond acceptors (Lipinski definition) is 2. The molecule has 88 valence electrons. The van der Waals surface area contributed by atoms with Crippen LogP contribution in [0.2, 0.25) is 0 Å². The van der Waals surface area contributed by atoms with Crippen molar-refractivity contribution >= 4 is 11.6 Å². The van der Waals surface area contributed by atoms with E-state index in [4.69, 9.17) is 0 Å². The van der Waals surface area contributed by atoms with Crippen LogP contribution in [0.25, 0.3) is 0 Å². The van der Waals surface area contributed by atoms with Gasteiger partial charge >= 0.3 is 0 Å². The summed E-state index contributed by atoms with van der Waals surface area (Å²) in [5.74, 6) is 0.526. The molecule has 0 heterocycles. The smallest absolute Gasteiger partial charge is 0.239 e. The van der Waals surface area contributed by atoms with Crippen LogP contribution in [0, 0.1) is 12.8 Å². The lowest BCUT2D eigenvalue weighted by Gasteiger charge is -2.09. The number of carbonyl (C=O) groups is 1. The third-order valence-electron chi connectivity index (χ3n) is 2.18. The third kappa shape index (κ3) is 4.82. The van der Waals surface area contributed by atoms with Crippen LogP contribution in [0.4, 0.5) is 5.69 Å². The van der Waals surface area contributed by atoms with Gasteiger partial charge in [-0.25, -0.2) is 0 Å². The predicted molar refractivity (Wildman–Crippen MR) is 67.5 cm³/mol. The van der Waals surface area contributed by atoms with Crippen molar-refractivity contribution in [1.82, 2.24) is 5.32 Å². The molecule has 1 rings (SSSR count). The molecule has 0 aliphatic heterocycles. The molecule has 0 bridgehead atoms. The first kappa shape index (κ1) is 12.6. The monoisotopic (exact) mass is 220 g/mol. The summed E-state index contributed by atoms with van der Waals surface area (Å²) in [6, 6.07) is 7.99. The number of benzene rings is 1. The quantitative estimate of drug-likeness (QED) is 0.798. The van der Waals surface area contributed by atoms with Gasteiger partial charge in [0.25, 0.3) is 0 Å². The van der Waals surface area contributed by atoms with Gasteiger partial charge in [0.1, 0.15) is 0 Å². The van der Waals surface area contributed by atoms with Gasteiger partial charge in [-0.2, -0.15) is 0 Å². The number of anilines is 1. The minimum Gasteiger partial charge on any atom is -0.376 e. The zero-order valence-electron chi connectivity index (χ0n) is 10.2. The molecule has 0 saturated heterocycles. The fourth-order valence-electron chi connectivity index (χ4n) is 1.32. The van der Waals surface area contributed by atoms with Crippen LogP contribution in [0.3, 0.4) is 0 Å². The topological polar surface area (TPSA) is 41.1 Å². The van der Waals surface area contributed by atoms with Crippen molar-refractivity contribution in [2.75, 3.05) is 18.4 Å². The fraction of sp³-hybridized carbons (Fsp3) is 0.462. The Morgan fingerprint density at radius 3 is 2.75 bits per heavy atom. The van der Waals surface area contributed by atoms with E-state index in [1.165, 1.54) is 5.56 Å². The molecular formula is C13H20N2O. The number of nitrogens with one attached hydrogen (secondary N) is 2. The molecule has 0 aliphatic rings. The van der Waals surface area contributed by atoms with Gasteiger partial charge in [0.05, 0.1) is 6.54 Å². The minimum atomic E-state index is 0.0372. The lowest BCUT2D eigenvalue weighted by atomic mass is 10.2. The Labute approximate surface area is 97.2 Å². The van der Waals surface area contributed by atoms with Gasteiger partial charge in [-0.15, -0.1) is 0 Å². The van der Waals surface area contributed by atoms with Crippen LogP contribution in [-0.2, 0) is 4.79 Å². The number of carbonyl (C=O) groups excluding carboxylic acids is 1. The van der Waals surface area contributed by atoms with Crippen molar-refractivity contribution in [3.8, 4) is 0 Å². The Morgan fingerprint density at radius 2 is 2.12 bits per heavy atom. The maximum Gasteiger partial charge on any atom is 0.239 e. The van der Waals surface area contributed by atoms with E-state index in [0.29, 0.717) is 12.5 Å². The average molecular weight is 220 g/mol. The van der Waals surface area contributed by atoms with E-state index >= 15 is 0 Å². The first-order chi connectivity index (χ1) is 7.58. The minimum absolute atomic E-state index is 0.0372. The molecule has 16 heavy (non-hydrogen) atoms. The Morgan fingerprint density at radius 1 is 1.38 bits per heavy atom. The molecule has 3 heteroatoms. The summed E-state index contributed by atoms with van der Waals surface area (Å²) in [6.45, 7) is 7.25. The lowest BCUT2D eigenvalue weighted by molar-refractivity contribution is -0.119. The number of aryl methyl sites for hydroxylation is 1. The first-order valence-electron chi connectivity index (χ1n) is 5.65. The fourth-order valence-corrected chi connectivity index (χ4v) is 1.32. The highest BCUT2D eigenvalue weighted by Gasteiger charge is 2.01. The van der Waals surface area contributed by atoms with Crippen LogP contribution in [0.1, 0.15) is 19.4 Å². The highest BCUT2D eigenvalue weighted by Crippen LogP contribution is 2.08. The van der Waals surface area contributed by atoms with Gasteiger partial charge < -0.3 is 10.6 Å². The molecule has 0 saturated carbocycles. The normalized spacial score (nSPS) is 10.2. The van der Waals surface area contributed by atoms with Crippen molar-refractivity contribution in [1.29, 1.82) is 0 Å². The average Bonchev–Trinajstić information content (AvgIpc) is 2.23. The molecule has 3 nitrogen and oxygen atoms in total. The second kappa shape index (κ2) is 6.16. The van der Waals surface area contributed by atoms with E-state index in [-0.39, 0.29) is 5.91 Å². The van der Waals surface area contributed by atoms with Gasteiger partial charge in [0.15, 0.2) is 0 Å². The zero-order chi connectivity index (χ0) is 12.0. The Kier molecular flexibility index (Phi) is 4.83. The van der Waals surface area contributed by atoms with E-state index < -0.39 is 0 Å². The van der Waals surface area contributed by atoms with Crippen LogP contribution in [0.15, 0.2) is 24.3 Å². The molecular weight excluding hydrogens is 200 g/mol. The van der Waals surface area contributed by atoms with Gasteiger partial charge in [-0.1, -0.05) is 26.0 Å². The number of rotatable bonds is 5. The van der Waals surface area contributed by atoms with Crippen LogP contribution >= 0.6 is 0 Å². The van der Waals surface area contributed by atoms with Crippen LogP contribution in [0.5, 0.6) is 0 Å². The summed E-state index contributed by atoms with van der Waals surface area (Å²) in [7, 11) is 0. The van der Waals surface area contributed by atoms with Crippen molar-refractivity contribution in [3.63, 3.8) is 0 Å². The van der Waals surface area contributed by atoms with Crippen molar-refractivity contribution in [2.24, 2.45) is 5.92 Å². The predicted octanol–water partition coefficient (Wildman–Crippen LogP) is 2.18. The molecule has 1 aromatic carbocycles. The van der Waals surface area contributed by atoms with Gasteiger partial charge in [0, 0.05) is 12.2 Å². The highest BCUT2D eigenvalue weighted by molar-refractivity contribution is 5.80.